The molecule has 0 aromatic carbocycles. The lowest BCUT2D eigenvalue weighted by atomic mass is 9.92. The third-order valence-corrected chi connectivity index (χ3v) is 3.42. The van der Waals surface area contributed by atoms with Crippen molar-refractivity contribution in [3.63, 3.8) is 0 Å². The van der Waals surface area contributed by atoms with Gasteiger partial charge in [0.15, 0.2) is 0 Å². The number of nitrogens with zero attached hydrogens (tertiary/aromatic N) is 2. The van der Waals surface area contributed by atoms with Gasteiger partial charge in [0.05, 0.1) is 0 Å². The first kappa shape index (κ1) is 11.6. The van der Waals surface area contributed by atoms with Crippen LogP contribution in [-0.2, 0) is 11.3 Å². The zero-order valence-electron chi connectivity index (χ0n) is 10.2. The van der Waals surface area contributed by atoms with Crippen LogP contribution in [0.25, 0.3) is 0 Å². The number of aromatic nitrogens is 2. The fourth-order valence-corrected chi connectivity index (χ4v) is 2.12. The molecule has 0 radical (unpaired) electrons. The van der Waals surface area contributed by atoms with Gasteiger partial charge in [0.2, 0.25) is 0 Å². The summed E-state index contributed by atoms with van der Waals surface area (Å²) in [6.45, 7) is 8.07. The molecule has 2 heterocycles. The van der Waals surface area contributed by atoms with Crippen LogP contribution in [0.1, 0.15) is 25.6 Å². The van der Waals surface area contributed by atoms with Crippen LogP contribution in [0.3, 0.4) is 0 Å². The molecule has 1 aliphatic heterocycles. The third-order valence-electron chi connectivity index (χ3n) is 3.42. The van der Waals surface area contributed by atoms with E-state index in [2.05, 4.69) is 21.8 Å². The van der Waals surface area contributed by atoms with Crippen molar-refractivity contribution in [3.05, 3.63) is 18.2 Å². The van der Waals surface area contributed by atoms with Gasteiger partial charge >= 0.3 is 0 Å². The molecule has 0 amide bonds. The first-order chi connectivity index (χ1) is 7.70. The van der Waals surface area contributed by atoms with Gasteiger partial charge in [-0.3, -0.25) is 0 Å². The molecule has 0 saturated carbocycles. The Morgan fingerprint density at radius 2 is 2.25 bits per heavy atom. The number of aryl methyl sites for hydroxylation is 1. The Bertz CT molecular complexity index is 329. The lowest BCUT2D eigenvalue weighted by molar-refractivity contribution is 0.0451. The Kier molecular flexibility index (Phi) is 3.61. The van der Waals surface area contributed by atoms with E-state index in [0.29, 0.717) is 0 Å². The van der Waals surface area contributed by atoms with Crippen molar-refractivity contribution in [3.8, 4) is 0 Å². The molecule has 2 rings (SSSR count). The minimum atomic E-state index is 0.257. The standard InChI is InChI=1S/C12H21N3O/c1-11-13-5-7-15(11)8-6-14-12(2)3-9-16-10-4-12/h5,7,14H,3-4,6,8-10H2,1-2H3. The van der Waals surface area contributed by atoms with Crippen LogP contribution in [-0.4, -0.2) is 34.8 Å². The Morgan fingerprint density at radius 1 is 1.50 bits per heavy atom. The van der Waals surface area contributed by atoms with Crippen molar-refractivity contribution in [1.29, 1.82) is 0 Å². The number of ether oxygens (including phenoxy) is 1. The summed E-state index contributed by atoms with van der Waals surface area (Å²) in [5.41, 5.74) is 0.257. The maximum Gasteiger partial charge on any atom is 0.105 e. The van der Waals surface area contributed by atoms with Crippen LogP contribution in [0.4, 0.5) is 0 Å². The Morgan fingerprint density at radius 3 is 2.88 bits per heavy atom. The second kappa shape index (κ2) is 4.97. The van der Waals surface area contributed by atoms with E-state index in [1.807, 2.05) is 19.3 Å². The summed E-state index contributed by atoms with van der Waals surface area (Å²) in [5, 5.41) is 3.63. The Balaban J connectivity index is 1.77. The first-order valence-electron chi connectivity index (χ1n) is 6.00. The van der Waals surface area contributed by atoms with Gasteiger partial charge in [-0.1, -0.05) is 0 Å². The average molecular weight is 223 g/mol. The van der Waals surface area contributed by atoms with Gasteiger partial charge in [0.25, 0.3) is 0 Å². The van der Waals surface area contributed by atoms with E-state index in [-0.39, 0.29) is 5.54 Å². The lowest BCUT2D eigenvalue weighted by Gasteiger charge is -2.34. The van der Waals surface area contributed by atoms with Crippen LogP contribution in [0, 0.1) is 6.92 Å². The molecule has 4 nitrogen and oxygen atoms in total. The molecule has 0 atom stereocenters. The molecule has 1 fully saturated rings. The molecule has 0 unspecified atom stereocenters. The normalized spacial score (nSPS) is 19.9. The third kappa shape index (κ3) is 2.83. The van der Waals surface area contributed by atoms with Gasteiger partial charge in [-0.2, -0.15) is 0 Å². The summed E-state index contributed by atoms with van der Waals surface area (Å²) in [6, 6.07) is 0. The summed E-state index contributed by atoms with van der Waals surface area (Å²) in [5.74, 6) is 1.08. The molecule has 90 valence electrons. The molecular formula is C12H21N3O. The Hall–Kier alpha value is -0.870. The molecule has 0 spiro atoms. The van der Waals surface area contributed by atoms with Crippen LogP contribution < -0.4 is 5.32 Å². The highest BCUT2D eigenvalue weighted by atomic mass is 16.5. The highest BCUT2D eigenvalue weighted by Gasteiger charge is 2.25. The minimum absolute atomic E-state index is 0.257. The fraction of sp³-hybridized carbons (Fsp3) is 0.750. The topological polar surface area (TPSA) is 39.1 Å². The van der Waals surface area contributed by atoms with E-state index in [0.717, 1.165) is 45.0 Å². The molecule has 0 aliphatic carbocycles. The number of hydrogen-bond acceptors (Lipinski definition) is 3. The Labute approximate surface area is 97.0 Å². The highest BCUT2D eigenvalue weighted by Crippen LogP contribution is 2.19. The molecule has 1 aromatic rings. The minimum Gasteiger partial charge on any atom is -0.381 e. The van der Waals surface area contributed by atoms with Crippen molar-refractivity contribution in [2.75, 3.05) is 19.8 Å². The fourth-order valence-electron chi connectivity index (χ4n) is 2.12. The van der Waals surface area contributed by atoms with E-state index >= 15 is 0 Å². The van der Waals surface area contributed by atoms with E-state index in [4.69, 9.17) is 4.74 Å². The zero-order valence-corrected chi connectivity index (χ0v) is 10.2. The lowest BCUT2D eigenvalue weighted by Crippen LogP contribution is -2.47. The molecule has 1 N–H and O–H groups in total. The quantitative estimate of drug-likeness (QED) is 0.837. The van der Waals surface area contributed by atoms with Gasteiger partial charge in [-0.15, -0.1) is 0 Å². The van der Waals surface area contributed by atoms with Gasteiger partial charge in [-0.25, -0.2) is 4.98 Å². The average Bonchev–Trinajstić information content (AvgIpc) is 2.65. The SMILES string of the molecule is Cc1nccn1CCNC1(C)CCOCC1. The molecule has 16 heavy (non-hydrogen) atoms. The second-order valence-electron chi connectivity index (χ2n) is 4.77. The second-order valence-corrected chi connectivity index (χ2v) is 4.77. The first-order valence-corrected chi connectivity index (χ1v) is 6.00. The van der Waals surface area contributed by atoms with E-state index in [1.165, 1.54) is 0 Å². The summed E-state index contributed by atoms with van der Waals surface area (Å²) in [4.78, 5) is 4.21. The van der Waals surface area contributed by atoms with Crippen molar-refractivity contribution < 1.29 is 4.74 Å². The number of nitrogens with one attached hydrogen (secondary N) is 1. The zero-order chi connectivity index (χ0) is 11.4. The molecule has 0 bridgehead atoms. The van der Waals surface area contributed by atoms with Crippen LogP contribution in [0.5, 0.6) is 0 Å². The summed E-state index contributed by atoms with van der Waals surface area (Å²) in [6.07, 6.45) is 6.10. The largest absolute Gasteiger partial charge is 0.381 e. The maximum atomic E-state index is 5.38. The van der Waals surface area contributed by atoms with Crippen molar-refractivity contribution in [2.24, 2.45) is 0 Å². The van der Waals surface area contributed by atoms with Crippen LogP contribution in [0.15, 0.2) is 12.4 Å². The number of hydrogen-bond donors (Lipinski definition) is 1. The van der Waals surface area contributed by atoms with E-state index < -0.39 is 0 Å². The van der Waals surface area contributed by atoms with Gasteiger partial charge < -0.3 is 14.6 Å². The molecule has 1 aromatic heterocycles. The van der Waals surface area contributed by atoms with Gasteiger partial charge in [0.1, 0.15) is 5.82 Å². The molecule has 1 aliphatic rings. The van der Waals surface area contributed by atoms with E-state index in [1.54, 1.807) is 0 Å². The van der Waals surface area contributed by atoms with Gasteiger partial charge in [0, 0.05) is 44.2 Å². The summed E-state index contributed by atoms with van der Waals surface area (Å²) < 4.78 is 7.56. The highest BCUT2D eigenvalue weighted by molar-refractivity contribution is 4.90. The predicted molar refractivity (Wildman–Crippen MR) is 63.4 cm³/mol. The number of imidazole rings is 1. The number of rotatable bonds is 4. The van der Waals surface area contributed by atoms with Crippen LogP contribution >= 0.6 is 0 Å². The smallest absolute Gasteiger partial charge is 0.105 e. The predicted octanol–water partition coefficient (Wildman–Crippen LogP) is 1.35. The van der Waals surface area contributed by atoms with Crippen molar-refractivity contribution in [1.82, 2.24) is 14.9 Å². The molecular weight excluding hydrogens is 202 g/mol. The maximum absolute atomic E-state index is 5.38. The van der Waals surface area contributed by atoms with Crippen LogP contribution in [0.2, 0.25) is 0 Å². The summed E-state index contributed by atoms with van der Waals surface area (Å²) in [7, 11) is 0. The van der Waals surface area contributed by atoms with Gasteiger partial charge in [-0.05, 0) is 26.7 Å². The monoisotopic (exact) mass is 223 g/mol. The van der Waals surface area contributed by atoms with Crippen molar-refractivity contribution >= 4 is 0 Å². The summed E-state index contributed by atoms with van der Waals surface area (Å²) >= 11 is 0. The van der Waals surface area contributed by atoms with Crippen molar-refractivity contribution in [2.45, 2.75) is 38.8 Å². The van der Waals surface area contributed by atoms with E-state index in [9.17, 15) is 0 Å². The molecule has 4 heteroatoms. The molecule has 1 saturated heterocycles.